The lowest BCUT2D eigenvalue weighted by Crippen LogP contribution is -2.70. The number of rotatable bonds is 23. The van der Waals surface area contributed by atoms with Gasteiger partial charge in [0.2, 0.25) is 0 Å². The lowest BCUT2D eigenvalue weighted by Gasteiger charge is -2.53. The molecule has 0 spiro atoms. The average molecular weight is 1420 g/mol. The van der Waals surface area contributed by atoms with Gasteiger partial charge in [-0.25, -0.2) is 18.9 Å². The summed E-state index contributed by atoms with van der Waals surface area (Å²) < 4.78 is 142. The average Bonchev–Trinajstić information content (AvgIpc) is 0.747. The zero-order valence-electron chi connectivity index (χ0n) is 45.3. The van der Waals surface area contributed by atoms with Crippen molar-refractivity contribution in [2.75, 3.05) is 46.8 Å². The van der Waals surface area contributed by atoms with Gasteiger partial charge in [-0.3, -0.25) is 9.05 Å². The second kappa shape index (κ2) is 28.6. The number of carbonyl (C=O) groups is 3. The van der Waals surface area contributed by atoms with Crippen molar-refractivity contribution >= 4 is 92.4 Å². The number of nitrogens with zero attached hydrogens (tertiary/aromatic N) is 1. The predicted octanol–water partition coefficient (Wildman–Crippen LogP) is 12.9. The highest BCUT2D eigenvalue weighted by molar-refractivity contribution is 9.10. The molecule has 7 atom stereocenters. The predicted molar refractivity (Wildman–Crippen MR) is 311 cm³/mol. The Hall–Kier alpha value is -6.01. The van der Waals surface area contributed by atoms with Gasteiger partial charge in [-0.05, 0) is 127 Å². The van der Waals surface area contributed by atoms with E-state index in [1.165, 1.54) is 110 Å². The second-order valence-corrected chi connectivity index (χ2v) is 24.0. The number of hydrogen-bond acceptors (Lipinski definition) is 18. The van der Waals surface area contributed by atoms with Crippen LogP contribution in [0.1, 0.15) is 41.5 Å². The molecule has 0 bridgehead atoms. The Morgan fingerprint density at radius 3 is 1.54 bits per heavy atom. The number of esters is 3. The van der Waals surface area contributed by atoms with Crippen molar-refractivity contribution in [3.05, 3.63) is 180 Å². The molecule has 0 aromatic heterocycles. The fourth-order valence-corrected chi connectivity index (χ4v) is 11.8. The first-order valence-electron chi connectivity index (χ1n) is 26.3. The highest BCUT2D eigenvalue weighted by Crippen LogP contribution is 2.57. The van der Waals surface area contributed by atoms with Crippen molar-refractivity contribution < 1.29 is 98.2 Å². The van der Waals surface area contributed by atoms with E-state index in [1.54, 1.807) is 18.2 Å². The Morgan fingerprint density at radius 1 is 0.655 bits per heavy atom. The van der Waals surface area contributed by atoms with Crippen LogP contribution >= 0.6 is 74.5 Å². The molecule has 1 unspecified atom stereocenters. The Bertz CT molecular complexity index is 3460. The number of halogens is 8. The van der Waals surface area contributed by atoms with Gasteiger partial charge < -0.3 is 57.0 Å². The summed E-state index contributed by atoms with van der Waals surface area (Å²) in [7, 11) is -4.39. The van der Waals surface area contributed by atoms with Crippen LogP contribution in [0.25, 0.3) is 0 Å². The number of phosphoric acid groups is 1. The molecule has 19 nitrogen and oxygen atoms in total. The third kappa shape index (κ3) is 16.3. The van der Waals surface area contributed by atoms with Crippen molar-refractivity contribution in [2.24, 2.45) is 0 Å². The van der Waals surface area contributed by atoms with E-state index >= 15 is 13.2 Å². The molecule has 6 aromatic rings. The summed E-state index contributed by atoms with van der Waals surface area (Å²) in [5, 5.41) is 10.5. The Morgan fingerprint density at radius 2 is 1.10 bits per heavy atom. The first kappa shape index (κ1) is 65.4. The van der Waals surface area contributed by atoms with E-state index in [0.717, 1.165) is 18.2 Å². The summed E-state index contributed by atoms with van der Waals surface area (Å²) in [4.78, 5) is 56.2. The fraction of sp³-hybridized carbons (Fsp3) is 0.322. The lowest BCUT2D eigenvalue weighted by molar-refractivity contribution is -0.334. The number of fused-ring (bicyclic) bond motifs is 2. The van der Waals surface area contributed by atoms with Crippen LogP contribution < -0.4 is 18.9 Å². The normalized spacial score (nSPS) is 20.8. The highest BCUT2D eigenvalue weighted by Gasteiger charge is 2.64. The first-order valence-corrected chi connectivity index (χ1v) is 30.5. The minimum Gasteiger partial charge on any atom is -0.482 e. The Kier molecular flexibility index (Phi) is 21.5. The van der Waals surface area contributed by atoms with Crippen LogP contribution in [0.4, 0.5) is 13.2 Å². The van der Waals surface area contributed by atoms with Gasteiger partial charge in [-0.1, -0.05) is 78.8 Å². The number of benzene rings is 6. The van der Waals surface area contributed by atoms with Crippen molar-refractivity contribution in [3.63, 3.8) is 0 Å². The van der Waals surface area contributed by atoms with E-state index in [4.69, 9.17) is 96.0 Å². The number of carbonyl (C=O) groups excluding carboxylic acids is 3. The van der Waals surface area contributed by atoms with Crippen LogP contribution in [0, 0.1) is 11.3 Å². The maximum absolute atomic E-state index is 15.2. The Labute approximate surface area is 527 Å². The van der Waals surface area contributed by atoms with Crippen LogP contribution in [-0.2, 0) is 72.9 Å². The van der Waals surface area contributed by atoms with Gasteiger partial charge in [-0.2, -0.15) is 18.4 Å². The highest BCUT2D eigenvalue weighted by atomic mass is 79.9. The molecule has 1 saturated heterocycles. The van der Waals surface area contributed by atoms with Gasteiger partial charge in [0.15, 0.2) is 49.5 Å². The van der Waals surface area contributed by atoms with Crippen LogP contribution in [-0.4, -0.2) is 112 Å². The van der Waals surface area contributed by atoms with Gasteiger partial charge in [0, 0.05) is 55.1 Å². The van der Waals surface area contributed by atoms with Crippen molar-refractivity contribution in [1.29, 1.82) is 5.26 Å². The zero-order chi connectivity index (χ0) is 62.1. The molecule has 87 heavy (non-hydrogen) atoms. The van der Waals surface area contributed by atoms with Gasteiger partial charge in [0.25, 0.3) is 0 Å². The number of hydrogen-bond donors (Lipinski definition) is 1. The van der Waals surface area contributed by atoms with Gasteiger partial charge in [0.1, 0.15) is 47.1 Å². The zero-order valence-corrected chi connectivity index (χ0v) is 51.7. The summed E-state index contributed by atoms with van der Waals surface area (Å²) in [6.07, 6.45) is -19.2. The number of nitriles is 1. The molecule has 2 aliphatic heterocycles. The fourth-order valence-electron chi connectivity index (χ4n) is 9.80. The number of ether oxygens (including phenoxy) is 11. The summed E-state index contributed by atoms with van der Waals surface area (Å²) in [5.74, 6) is -5.21. The van der Waals surface area contributed by atoms with E-state index in [0.29, 0.717) is 24.0 Å². The molecule has 1 aliphatic carbocycles. The van der Waals surface area contributed by atoms with E-state index in [1.807, 2.05) is 0 Å². The van der Waals surface area contributed by atoms with Gasteiger partial charge >= 0.3 is 31.9 Å². The number of alkyl halides is 3. The SMILES string of the molecule is COC1(O[C@@H]2[C@H](OC(=O)COc3ccc(Cl)cc3)[C@@H](OC(=O)COc3ccc(Cl)cc3)[C@H](OC(=O)COc3ccc(Cl)cc3)[C@@H](OC3(c4cccc(C(F)(F)F)c4)c4cc(Br)ccc4Oc4ccc(Br)cc43)[C@@H]2OP(=O)(O)OCCC#N)CCOCC1. The quantitative estimate of drug-likeness (QED) is 0.0206. The lowest BCUT2D eigenvalue weighted by atomic mass is 9.76. The third-order valence-corrected chi connectivity index (χ3v) is 16.5. The minimum absolute atomic E-state index is 0.000510. The van der Waals surface area contributed by atoms with Crippen LogP contribution in [0.15, 0.2) is 142 Å². The maximum Gasteiger partial charge on any atom is 0.472 e. The van der Waals surface area contributed by atoms with E-state index in [9.17, 15) is 29.1 Å². The molecule has 1 saturated carbocycles. The number of methoxy groups -OCH3 is 1. The summed E-state index contributed by atoms with van der Waals surface area (Å²) in [5.41, 5.74) is -3.99. The van der Waals surface area contributed by atoms with Gasteiger partial charge in [0.05, 0.1) is 37.9 Å². The molecule has 0 radical (unpaired) electrons. The molecular formula is C59H50Br2Cl3F3NO18P. The monoisotopic (exact) mass is 1410 g/mol. The summed E-state index contributed by atoms with van der Waals surface area (Å²) in [6, 6.07) is 32.5. The van der Waals surface area contributed by atoms with Crippen LogP contribution in [0.5, 0.6) is 28.7 Å². The summed E-state index contributed by atoms with van der Waals surface area (Å²) in [6.45, 7) is -3.53. The van der Waals surface area contributed by atoms with Crippen LogP contribution in [0.2, 0.25) is 15.1 Å². The van der Waals surface area contributed by atoms with Crippen LogP contribution in [0.3, 0.4) is 0 Å². The second-order valence-electron chi connectivity index (χ2n) is 19.4. The summed E-state index contributed by atoms with van der Waals surface area (Å²) >= 11 is 25.4. The molecule has 2 fully saturated rings. The molecule has 0 amide bonds. The maximum atomic E-state index is 15.2. The molecular weight excluding hydrogens is 1360 g/mol. The van der Waals surface area contributed by atoms with Crippen molar-refractivity contribution in [3.8, 4) is 34.8 Å². The minimum atomic E-state index is -5.66. The van der Waals surface area contributed by atoms with E-state index in [-0.39, 0.29) is 71.5 Å². The van der Waals surface area contributed by atoms with Crippen molar-refractivity contribution in [2.45, 2.75) is 73.5 Å². The molecule has 460 valence electrons. The van der Waals surface area contributed by atoms with Gasteiger partial charge in [-0.15, -0.1) is 0 Å². The third-order valence-electron chi connectivity index (χ3n) is 13.7. The number of phosphoric ester groups is 1. The van der Waals surface area contributed by atoms with E-state index < -0.39 is 118 Å². The smallest absolute Gasteiger partial charge is 0.472 e. The Balaban J connectivity index is 1.32. The topological polar surface area (TPSA) is 232 Å². The molecule has 28 heteroatoms. The molecule has 6 aromatic carbocycles. The standard InChI is InChI=1S/C59H50Br2Cl3F3NO18P/c1-74-57(22-26-75-27-23-57)84-54-52(82-49(70)32-77-42-16-10-39(63)11-17-42)51(81-48(69)31-76-41-14-8-38(62)9-15-41)53(83-50(71)33-78-43-18-12-40(64)13-19-43)55(56(54)86-87(72,73)79-25-3-24-68)85-58(34-4-2-5-35(28-34)59(65,66)67)44-29-36(60)6-20-46(44)80-47-21-7-37(61)30-45(47)58/h2,4-21,28-30,51-56H,3,22-23,25-27,31-33H2,1H3,(H,72,73)/t51-,52-,53+,54-,55-,56-/m1/s1. The largest absolute Gasteiger partial charge is 0.482 e. The van der Waals surface area contributed by atoms with E-state index in [2.05, 4.69) is 31.9 Å². The molecule has 2 heterocycles. The molecule has 3 aliphatic rings. The molecule has 1 N–H and O–H groups in total. The van der Waals surface area contributed by atoms with Crippen molar-refractivity contribution in [1.82, 2.24) is 0 Å². The molecule has 9 rings (SSSR count). The first-order chi connectivity index (χ1) is 41.6.